The normalized spacial score (nSPS) is 25.1. The van der Waals surface area contributed by atoms with Crippen molar-refractivity contribution in [2.45, 2.75) is 151 Å². The molecule has 1 saturated carbocycles. The first-order valence-corrected chi connectivity index (χ1v) is 31.4. The summed E-state index contributed by atoms with van der Waals surface area (Å²) in [6.45, 7) is 4.20. The van der Waals surface area contributed by atoms with E-state index >= 15 is 4.79 Å². The molecule has 1 saturated heterocycles. The van der Waals surface area contributed by atoms with Crippen LogP contribution < -0.4 is 15.5 Å². The van der Waals surface area contributed by atoms with Crippen LogP contribution in [0.1, 0.15) is 151 Å². The minimum atomic E-state index is -0.973. The molecule has 0 radical (unpaired) electrons. The molecule has 3 aliphatic heterocycles. The Morgan fingerprint density at radius 2 is 1.68 bits per heavy atom. The minimum absolute atomic E-state index is 0.0115. The summed E-state index contributed by atoms with van der Waals surface area (Å²) in [7, 11) is 6.83. The van der Waals surface area contributed by atoms with E-state index < -0.39 is 35.4 Å². The van der Waals surface area contributed by atoms with E-state index in [1.165, 1.54) is 49.3 Å². The van der Waals surface area contributed by atoms with Gasteiger partial charge in [-0.25, -0.2) is 0 Å². The molecule has 4 heterocycles. The Balaban J connectivity index is 1.06. The zero-order valence-electron chi connectivity index (χ0n) is 41.5. The topological polar surface area (TPSA) is 173 Å². The fourth-order valence-corrected chi connectivity index (χ4v) is 18.5. The molecule has 73 heavy (non-hydrogen) atoms. The SMILES string of the molecule is CC(C)Cc1cc(-c2oc3cc(O)c4c(c3c(=O)c2O)OC2CC3c5c-4cc4c6c(ccc(c56)C(SSCCCC2O)C3O)CCC4CCO)c2c(c1O)Cc1cccc(c1)C(NC1CCCCC1)CSSC2. The Kier molecular flexibility index (Phi) is 14.0. The average Bonchev–Trinajstić information content (AvgIpc) is 3.40. The molecule has 7 N–H and O–H groups in total. The number of ether oxygens (including phenoxy) is 1. The van der Waals surface area contributed by atoms with Gasteiger partial charge < -0.3 is 45.1 Å². The van der Waals surface area contributed by atoms with Crippen molar-refractivity contribution in [2.24, 2.45) is 5.92 Å². The van der Waals surface area contributed by atoms with E-state index in [1.807, 2.05) is 6.07 Å². The van der Waals surface area contributed by atoms with Crippen LogP contribution in [0.2, 0.25) is 0 Å². The Bertz CT molecular complexity index is 3190. The van der Waals surface area contributed by atoms with Gasteiger partial charge in [0.05, 0.1) is 23.0 Å². The number of aryl methyl sites for hydroxylation is 1. The van der Waals surface area contributed by atoms with E-state index in [4.69, 9.17) is 9.15 Å². The fourth-order valence-electron chi connectivity index (χ4n) is 13.3. The molecule has 2 fully saturated rings. The van der Waals surface area contributed by atoms with Crippen molar-refractivity contribution in [1.29, 1.82) is 0 Å². The second kappa shape index (κ2) is 20.5. The fraction of sp³-hybridized carbons (Fsp3) is 0.475. The first kappa shape index (κ1) is 49.9. The van der Waals surface area contributed by atoms with Gasteiger partial charge in [0.2, 0.25) is 11.2 Å². The Labute approximate surface area is 442 Å². The standard InChI is InChI=1S/C59H65NO9S4/c1-29(2)20-34-23-39(42-27-71-72-28-43(60-35-10-4-3-5-11-35)33-9-6-8-30(21-33)22-38(42)53(34)64)57-56(67)55(66)52-47(69-57)26-45(63)50-40-24-37-31(17-18-61)13-14-32-15-16-36-51(48(32)37)49(40)41-25-46(68-58(50)52)44(62)12-7-19-70-73-59(36)54(41)65/h6,8-9,15-16,21,23-24,26,29,31,35,41,43-44,46,54,59-65,67H,3-5,7,10-14,17-20,22,25,27-28H2,1-2H3. The first-order valence-electron chi connectivity index (χ1n) is 26.5. The van der Waals surface area contributed by atoms with Crippen molar-refractivity contribution >= 4 is 64.9 Å². The van der Waals surface area contributed by atoms with Gasteiger partial charge in [-0.2, -0.15) is 0 Å². The molecule has 1 aromatic heterocycles. The van der Waals surface area contributed by atoms with Crippen LogP contribution in [0.25, 0.3) is 44.2 Å². The van der Waals surface area contributed by atoms with Crippen LogP contribution in [0.4, 0.5) is 0 Å². The highest BCUT2D eigenvalue weighted by atomic mass is 33.1. The van der Waals surface area contributed by atoms with Crippen LogP contribution in [-0.2, 0) is 25.0 Å². The lowest BCUT2D eigenvalue weighted by atomic mass is 9.68. The number of nitrogens with one attached hydrogen (secondary N) is 1. The summed E-state index contributed by atoms with van der Waals surface area (Å²) < 4.78 is 13.8. The van der Waals surface area contributed by atoms with Gasteiger partial charge in [0, 0.05) is 65.5 Å². The lowest BCUT2D eigenvalue weighted by molar-refractivity contribution is 0.00975. The number of fused-ring (bicyclic) bond motifs is 10. The first-order chi connectivity index (χ1) is 35.5. The summed E-state index contributed by atoms with van der Waals surface area (Å²) >= 11 is 0. The van der Waals surface area contributed by atoms with Crippen molar-refractivity contribution in [3.05, 3.63) is 115 Å². The van der Waals surface area contributed by atoms with Crippen molar-refractivity contribution < 1.29 is 39.8 Å². The molecule has 14 heteroatoms. The van der Waals surface area contributed by atoms with E-state index in [2.05, 4.69) is 61.6 Å². The van der Waals surface area contributed by atoms with Crippen molar-refractivity contribution in [2.75, 3.05) is 18.1 Å². The number of rotatable bonds is 7. The maximum atomic E-state index is 15.4. The number of phenols is 2. The van der Waals surface area contributed by atoms with Crippen LogP contribution in [0.15, 0.2) is 63.8 Å². The summed E-state index contributed by atoms with van der Waals surface area (Å²) in [5.74, 6) is 1.10. The second-order valence-electron chi connectivity index (χ2n) is 21.9. The monoisotopic (exact) mass is 1060 g/mol. The summed E-state index contributed by atoms with van der Waals surface area (Å²) in [6, 6.07) is 19.0. The molecule has 3 aliphatic carbocycles. The smallest absolute Gasteiger partial charge is 0.238 e. The predicted molar refractivity (Wildman–Crippen MR) is 299 cm³/mol. The number of aliphatic hydroxyl groups excluding tert-OH is 3. The van der Waals surface area contributed by atoms with E-state index in [9.17, 15) is 30.6 Å². The number of benzene rings is 5. The maximum absolute atomic E-state index is 15.4. The molecule has 10 nitrogen and oxygen atoms in total. The largest absolute Gasteiger partial charge is 0.507 e. The summed E-state index contributed by atoms with van der Waals surface area (Å²) in [6.07, 6.45) is 7.97. The van der Waals surface area contributed by atoms with E-state index in [1.54, 1.807) is 43.2 Å². The molecule has 5 aromatic carbocycles. The van der Waals surface area contributed by atoms with Crippen LogP contribution >= 0.6 is 43.2 Å². The lowest BCUT2D eigenvalue weighted by Crippen LogP contribution is -2.39. The molecular weight excluding hydrogens is 995 g/mol. The third-order valence-electron chi connectivity index (χ3n) is 16.8. The minimum Gasteiger partial charge on any atom is -0.507 e. The quantitative estimate of drug-likeness (QED) is 0.0753. The van der Waals surface area contributed by atoms with Crippen molar-refractivity contribution in [3.8, 4) is 45.4 Å². The maximum Gasteiger partial charge on any atom is 0.238 e. The molecule has 6 aromatic rings. The van der Waals surface area contributed by atoms with Crippen LogP contribution in [0.3, 0.4) is 0 Å². The third kappa shape index (κ3) is 8.95. The molecule has 384 valence electrons. The highest BCUT2D eigenvalue weighted by Gasteiger charge is 2.46. The van der Waals surface area contributed by atoms with Crippen molar-refractivity contribution in [1.82, 2.24) is 5.32 Å². The number of phenolic OH excluding ortho intramolecular Hbond substituents is 2. The number of aliphatic hydroxyl groups is 3. The molecule has 7 atom stereocenters. The predicted octanol–water partition coefficient (Wildman–Crippen LogP) is 12.6. The number of aromatic hydroxyl groups is 3. The van der Waals surface area contributed by atoms with Gasteiger partial charge >= 0.3 is 0 Å². The molecular formula is C59H65NO9S4. The summed E-state index contributed by atoms with van der Waals surface area (Å²) in [5.41, 5.74) is 9.22. The lowest BCUT2D eigenvalue weighted by Gasteiger charge is -2.42. The Morgan fingerprint density at radius 1 is 0.836 bits per heavy atom. The Morgan fingerprint density at radius 3 is 2.51 bits per heavy atom. The summed E-state index contributed by atoms with van der Waals surface area (Å²) in [5, 5.41) is 78.4. The van der Waals surface area contributed by atoms with Gasteiger partial charge in [-0.05, 0) is 143 Å². The van der Waals surface area contributed by atoms with Gasteiger partial charge in [-0.1, -0.05) is 113 Å². The van der Waals surface area contributed by atoms with E-state index in [0.29, 0.717) is 60.6 Å². The molecule has 7 unspecified atom stereocenters. The zero-order chi connectivity index (χ0) is 50.2. The van der Waals surface area contributed by atoms with Crippen LogP contribution in [0, 0.1) is 5.92 Å². The van der Waals surface area contributed by atoms with Gasteiger partial charge in [0.15, 0.2) is 5.76 Å². The summed E-state index contributed by atoms with van der Waals surface area (Å²) in [4.78, 5) is 15.4. The van der Waals surface area contributed by atoms with E-state index in [0.717, 1.165) is 68.5 Å². The van der Waals surface area contributed by atoms with Gasteiger partial charge in [-0.15, -0.1) is 0 Å². The molecule has 0 amide bonds. The highest BCUT2D eigenvalue weighted by Crippen LogP contribution is 2.61. The van der Waals surface area contributed by atoms with Gasteiger partial charge in [0.1, 0.15) is 34.3 Å². The third-order valence-corrected chi connectivity index (χ3v) is 21.9. The zero-order valence-corrected chi connectivity index (χ0v) is 44.7. The number of hydrogen-bond donors (Lipinski definition) is 7. The van der Waals surface area contributed by atoms with Gasteiger partial charge in [0.25, 0.3) is 0 Å². The second-order valence-corrected chi connectivity index (χ2v) is 27.0. The van der Waals surface area contributed by atoms with Crippen LogP contribution in [0.5, 0.6) is 23.0 Å². The Hall–Kier alpha value is -3.99. The molecule has 5 bridgehead atoms. The molecule has 12 rings (SSSR count). The molecule has 6 aliphatic rings. The highest BCUT2D eigenvalue weighted by molar-refractivity contribution is 8.77. The van der Waals surface area contributed by atoms with Gasteiger partial charge in [-0.3, -0.25) is 4.79 Å². The number of hydrogen-bond acceptors (Lipinski definition) is 14. The van der Waals surface area contributed by atoms with E-state index in [-0.39, 0.29) is 75.7 Å². The van der Waals surface area contributed by atoms with Crippen molar-refractivity contribution in [3.63, 3.8) is 0 Å². The van der Waals surface area contributed by atoms with Crippen LogP contribution in [-0.4, -0.2) is 73.1 Å². The molecule has 0 spiro atoms. The average molecular weight is 1060 g/mol.